The Hall–Kier alpha value is -1.52. The van der Waals surface area contributed by atoms with Crippen LogP contribution in [0.4, 0.5) is 0 Å². The molecule has 1 aliphatic carbocycles. The summed E-state index contributed by atoms with van der Waals surface area (Å²) >= 11 is 18.4. The van der Waals surface area contributed by atoms with E-state index in [2.05, 4.69) is 0 Å². The molecule has 146 valence electrons. The first-order chi connectivity index (χ1) is 13.5. The highest BCUT2D eigenvalue weighted by molar-refractivity contribution is 6.36. The molecule has 3 atom stereocenters. The number of ether oxygens (including phenoxy) is 2. The number of Topliss-reactive ketones (excluding diaryl/α,β-unsaturated/α-hetero) is 1. The number of hydrogen-bond acceptors (Lipinski definition) is 3. The normalized spacial score (nSPS) is 24.3. The number of benzene rings is 2. The zero-order valence-corrected chi connectivity index (χ0v) is 17.3. The maximum absolute atomic E-state index is 13.0. The molecule has 2 aromatic carbocycles. The van der Waals surface area contributed by atoms with Crippen molar-refractivity contribution in [1.82, 2.24) is 0 Å². The second kappa shape index (κ2) is 8.46. The molecule has 1 fully saturated rings. The molecule has 6 heteroatoms. The Morgan fingerprint density at radius 2 is 1.71 bits per heavy atom. The van der Waals surface area contributed by atoms with E-state index in [1.807, 2.05) is 18.2 Å². The summed E-state index contributed by atoms with van der Waals surface area (Å²) in [5.74, 6) is -0.00870. The van der Waals surface area contributed by atoms with Crippen LogP contribution in [0, 0.1) is 5.92 Å². The minimum absolute atomic E-state index is 0.00636. The zero-order valence-electron chi connectivity index (χ0n) is 15.0. The van der Waals surface area contributed by atoms with Crippen LogP contribution >= 0.6 is 34.8 Å². The second-order valence-electron chi connectivity index (χ2n) is 7.13. The van der Waals surface area contributed by atoms with Crippen molar-refractivity contribution in [3.05, 3.63) is 74.9 Å². The molecule has 0 bridgehead atoms. The van der Waals surface area contributed by atoms with E-state index in [9.17, 15) is 4.79 Å². The summed E-state index contributed by atoms with van der Waals surface area (Å²) in [5.41, 5.74) is 2.23. The van der Waals surface area contributed by atoms with Crippen LogP contribution in [0.5, 0.6) is 0 Å². The van der Waals surface area contributed by atoms with Gasteiger partial charge in [-0.25, -0.2) is 0 Å². The van der Waals surface area contributed by atoms with E-state index >= 15 is 0 Å². The minimum Gasteiger partial charge on any atom is -0.496 e. The lowest BCUT2D eigenvalue weighted by Crippen LogP contribution is -2.41. The maximum Gasteiger partial charge on any atom is 0.173 e. The van der Waals surface area contributed by atoms with Crippen molar-refractivity contribution < 1.29 is 14.3 Å². The SMILES string of the molecule is O=C1C(c2ccc(Cl)cc2)=COC2CC(OCc3c(Cl)cccc3Cl)CCC12. The van der Waals surface area contributed by atoms with Gasteiger partial charge in [0.05, 0.1) is 30.5 Å². The summed E-state index contributed by atoms with van der Waals surface area (Å²) in [6, 6.07) is 12.7. The maximum atomic E-state index is 13.0. The lowest BCUT2D eigenvalue weighted by Gasteiger charge is -2.37. The van der Waals surface area contributed by atoms with Crippen LogP contribution in [0.3, 0.4) is 0 Å². The van der Waals surface area contributed by atoms with Crippen LogP contribution in [-0.4, -0.2) is 18.0 Å². The van der Waals surface area contributed by atoms with Crippen LogP contribution < -0.4 is 0 Å². The molecule has 1 saturated carbocycles. The first-order valence-corrected chi connectivity index (χ1v) is 10.4. The van der Waals surface area contributed by atoms with Crippen molar-refractivity contribution in [1.29, 1.82) is 0 Å². The largest absolute Gasteiger partial charge is 0.496 e. The van der Waals surface area contributed by atoms with Crippen LogP contribution in [-0.2, 0) is 20.9 Å². The number of rotatable bonds is 4. The van der Waals surface area contributed by atoms with Gasteiger partial charge in [0.15, 0.2) is 5.78 Å². The molecule has 1 aliphatic heterocycles. The van der Waals surface area contributed by atoms with Gasteiger partial charge in [0.25, 0.3) is 0 Å². The summed E-state index contributed by atoms with van der Waals surface area (Å²) in [4.78, 5) is 13.0. The standard InChI is InChI=1S/C22H19Cl3O3/c23-14-6-4-13(5-7-14)17-11-28-21-10-15(8-9-16(21)22(17)26)27-12-18-19(24)2-1-3-20(18)25/h1-7,11,15-16,21H,8-10,12H2. The Balaban J connectivity index is 1.41. The lowest BCUT2D eigenvalue weighted by atomic mass is 9.78. The average Bonchev–Trinajstić information content (AvgIpc) is 2.69. The number of hydrogen-bond donors (Lipinski definition) is 0. The number of halogens is 3. The Kier molecular flexibility index (Phi) is 5.98. The third kappa shape index (κ3) is 4.08. The van der Waals surface area contributed by atoms with Crippen molar-refractivity contribution in [3.63, 3.8) is 0 Å². The van der Waals surface area contributed by atoms with Crippen molar-refractivity contribution in [3.8, 4) is 0 Å². The highest BCUT2D eigenvalue weighted by atomic mass is 35.5. The molecule has 3 unspecified atom stereocenters. The molecule has 3 nitrogen and oxygen atoms in total. The van der Waals surface area contributed by atoms with E-state index in [0.717, 1.165) is 24.0 Å². The molecule has 4 rings (SSSR count). The summed E-state index contributed by atoms with van der Waals surface area (Å²) in [6.45, 7) is 0.348. The van der Waals surface area contributed by atoms with Crippen molar-refractivity contribution in [2.75, 3.05) is 0 Å². The van der Waals surface area contributed by atoms with Gasteiger partial charge in [-0.05, 0) is 42.7 Å². The summed E-state index contributed by atoms with van der Waals surface area (Å²) < 4.78 is 12.0. The third-order valence-electron chi connectivity index (χ3n) is 5.39. The molecule has 0 amide bonds. The molecule has 0 aromatic heterocycles. The first kappa shape index (κ1) is 19.8. The smallest absolute Gasteiger partial charge is 0.173 e. The highest BCUT2D eigenvalue weighted by Gasteiger charge is 2.40. The van der Waals surface area contributed by atoms with Gasteiger partial charge in [-0.3, -0.25) is 4.79 Å². The number of ketones is 1. The Morgan fingerprint density at radius 1 is 1.00 bits per heavy atom. The molecule has 0 spiro atoms. The van der Waals surface area contributed by atoms with Gasteiger partial charge < -0.3 is 9.47 Å². The van der Waals surface area contributed by atoms with Crippen LogP contribution in [0.1, 0.15) is 30.4 Å². The molecule has 0 radical (unpaired) electrons. The van der Waals surface area contributed by atoms with Gasteiger partial charge in [-0.15, -0.1) is 0 Å². The lowest BCUT2D eigenvalue weighted by molar-refractivity contribution is -0.128. The summed E-state index contributed by atoms with van der Waals surface area (Å²) in [7, 11) is 0. The average molecular weight is 438 g/mol. The summed E-state index contributed by atoms with van der Waals surface area (Å²) in [6.07, 6.45) is 3.63. The fraction of sp³-hybridized carbons (Fsp3) is 0.318. The predicted molar refractivity (Wildman–Crippen MR) is 112 cm³/mol. The van der Waals surface area contributed by atoms with Gasteiger partial charge in [-0.2, -0.15) is 0 Å². The summed E-state index contributed by atoms with van der Waals surface area (Å²) in [5, 5.41) is 1.84. The van der Waals surface area contributed by atoms with Crippen molar-refractivity contribution in [2.24, 2.45) is 5.92 Å². The topological polar surface area (TPSA) is 35.5 Å². The molecule has 0 N–H and O–H groups in total. The molecule has 0 saturated heterocycles. The quantitative estimate of drug-likeness (QED) is 0.560. The zero-order chi connectivity index (χ0) is 19.7. The third-order valence-corrected chi connectivity index (χ3v) is 6.35. The van der Waals surface area contributed by atoms with Gasteiger partial charge >= 0.3 is 0 Å². The fourth-order valence-electron chi connectivity index (χ4n) is 3.82. The van der Waals surface area contributed by atoms with Crippen molar-refractivity contribution >= 4 is 46.2 Å². The Bertz CT molecular complexity index is 887. The Labute approximate surface area is 179 Å². The molecular formula is C22H19Cl3O3. The number of fused-ring (bicyclic) bond motifs is 1. The predicted octanol–water partition coefficient (Wildman–Crippen LogP) is 6.34. The number of allylic oxidation sites excluding steroid dienone is 1. The molecule has 2 aromatic rings. The van der Waals surface area contributed by atoms with E-state index in [-0.39, 0.29) is 23.9 Å². The van der Waals surface area contributed by atoms with Crippen LogP contribution in [0.25, 0.3) is 5.57 Å². The molecule has 28 heavy (non-hydrogen) atoms. The van der Waals surface area contributed by atoms with Gasteiger partial charge in [0, 0.05) is 27.1 Å². The molecular weight excluding hydrogens is 419 g/mol. The number of carbonyl (C=O) groups excluding carboxylic acids is 1. The van der Waals surface area contributed by atoms with E-state index < -0.39 is 0 Å². The van der Waals surface area contributed by atoms with E-state index in [1.54, 1.807) is 30.5 Å². The van der Waals surface area contributed by atoms with E-state index in [1.165, 1.54) is 0 Å². The fourth-order valence-corrected chi connectivity index (χ4v) is 4.45. The monoisotopic (exact) mass is 436 g/mol. The molecule has 1 heterocycles. The van der Waals surface area contributed by atoms with Crippen LogP contribution in [0.15, 0.2) is 48.7 Å². The number of carbonyl (C=O) groups is 1. The van der Waals surface area contributed by atoms with Gasteiger partial charge in [0.1, 0.15) is 6.10 Å². The first-order valence-electron chi connectivity index (χ1n) is 9.23. The van der Waals surface area contributed by atoms with Gasteiger partial charge in [-0.1, -0.05) is 53.0 Å². The minimum atomic E-state index is -0.163. The second-order valence-corrected chi connectivity index (χ2v) is 8.38. The highest BCUT2D eigenvalue weighted by Crippen LogP contribution is 2.38. The van der Waals surface area contributed by atoms with Crippen LogP contribution in [0.2, 0.25) is 15.1 Å². The molecule has 2 aliphatic rings. The Morgan fingerprint density at radius 3 is 2.43 bits per heavy atom. The van der Waals surface area contributed by atoms with E-state index in [0.29, 0.717) is 33.7 Å². The van der Waals surface area contributed by atoms with E-state index in [4.69, 9.17) is 44.3 Å². The van der Waals surface area contributed by atoms with Crippen molar-refractivity contribution in [2.45, 2.75) is 38.1 Å². The van der Waals surface area contributed by atoms with Gasteiger partial charge in [0.2, 0.25) is 0 Å².